The van der Waals surface area contributed by atoms with Crippen molar-refractivity contribution in [1.29, 1.82) is 0 Å². The molecule has 2 rings (SSSR count). The van der Waals surface area contributed by atoms with Gasteiger partial charge in [-0.3, -0.25) is 4.79 Å². The molecule has 1 amide bonds. The third-order valence-corrected chi connectivity index (χ3v) is 3.95. The van der Waals surface area contributed by atoms with Gasteiger partial charge < -0.3 is 5.11 Å². The van der Waals surface area contributed by atoms with Gasteiger partial charge in [-0.05, 0) is 5.56 Å². The molecule has 1 saturated heterocycles. The van der Waals surface area contributed by atoms with Crippen LogP contribution in [0.5, 0.6) is 0 Å². The van der Waals surface area contributed by atoms with Gasteiger partial charge in [-0.15, -0.1) is 0 Å². The predicted octanol–water partition coefficient (Wildman–Crippen LogP) is -0.0998. The van der Waals surface area contributed by atoms with E-state index in [0.717, 1.165) is 5.56 Å². The Morgan fingerprint density at radius 3 is 2.71 bits per heavy atom. The molecule has 0 aliphatic carbocycles. The molecular formula is C11H14N2O3S. The number of amides is 1. The monoisotopic (exact) mass is 254 g/mol. The molecule has 1 aromatic rings. The molecule has 0 aromatic heterocycles. The van der Waals surface area contributed by atoms with Crippen LogP contribution >= 0.6 is 0 Å². The predicted molar refractivity (Wildman–Crippen MR) is 63.8 cm³/mol. The first kappa shape index (κ1) is 12.2. The van der Waals surface area contributed by atoms with Crippen LogP contribution in [0.1, 0.15) is 5.56 Å². The summed E-state index contributed by atoms with van der Waals surface area (Å²) in [5, 5.41) is 9.55. The van der Waals surface area contributed by atoms with E-state index in [9.17, 15) is 14.1 Å². The van der Waals surface area contributed by atoms with Gasteiger partial charge in [0.1, 0.15) is 6.10 Å². The highest BCUT2D eigenvalue weighted by Gasteiger charge is 2.35. The maximum absolute atomic E-state index is 11.9. The number of likely N-dealkylation sites (N-methyl/N-ethyl adjacent to an activating group) is 1. The average molecular weight is 254 g/mol. The van der Waals surface area contributed by atoms with Crippen molar-refractivity contribution in [3.8, 4) is 0 Å². The van der Waals surface area contributed by atoms with Crippen molar-refractivity contribution in [3.05, 3.63) is 35.9 Å². The lowest BCUT2D eigenvalue weighted by atomic mass is 10.2. The average Bonchev–Trinajstić information content (AvgIpc) is 2.33. The highest BCUT2D eigenvalue weighted by Crippen LogP contribution is 2.15. The molecule has 5 nitrogen and oxygen atoms in total. The fraction of sp³-hybridized carbons (Fsp3) is 0.364. The van der Waals surface area contributed by atoms with Crippen LogP contribution in [0, 0.1) is 0 Å². The lowest BCUT2D eigenvalue weighted by molar-refractivity contribution is -0.137. The number of nitrogens with zero attached hydrogens (tertiary/aromatic N) is 2. The van der Waals surface area contributed by atoms with Crippen LogP contribution in [0.2, 0.25) is 0 Å². The first-order valence-corrected chi connectivity index (χ1v) is 6.32. The number of rotatable bonds is 2. The van der Waals surface area contributed by atoms with E-state index in [1.165, 1.54) is 8.61 Å². The second kappa shape index (κ2) is 4.95. The first-order valence-electron chi connectivity index (χ1n) is 5.26. The van der Waals surface area contributed by atoms with E-state index in [4.69, 9.17) is 0 Å². The summed E-state index contributed by atoms with van der Waals surface area (Å²) in [6, 6.07) is 9.29. The van der Waals surface area contributed by atoms with Gasteiger partial charge in [-0.2, -0.15) is 0 Å². The molecule has 0 spiro atoms. The maximum atomic E-state index is 11.9. The zero-order valence-corrected chi connectivity index (χ0v) is 10.3. The number of β-amino-alcohol motifs (C(OH)–C–C–N with tert-alkyl or cyclic N) is 1. The molecule has 2 atom stereocenters. The van der Waals surface area contributed by atoms with Crippen LogP contribution in [0.4, 0.5) is 0 Å². The van der Waals surface area contributed by atoms with Crippen molar-refractivity contribution in [1.82, 2.24) is 8.61 Å². The SMILES string of the molecule is CN1CC(O)C(=O)N(Cc2ccccc2)S1=O. The van der Waals surface area contributed by atoms with Gasteiger partial charge in [-0.25, -0.2) is 12.8 Å². The Kier molecular flexibility index (Phi) is 3.56. The van der Waals surface area contributed by atoms with Crippen molar-refractivity contribution in [2.24, 2.45) is 0 Å². The molecule has 1 aliphatic rings. The van der Waals surface area contributed by atoms with E-state index in [0.29, 0.717) is 0 Å². The topological polar surface area (TPSA) is 60.9 Å². The lowest BCUT2D eigenvalue weighted by Crippen LogP contribution is -2.54. The Labute approximate surface area is 102 Å². The van der Waals surface area contributed by atoms with Crippen molar-refractivity contribution < 1.29 is 14.1 Å². The van der Waals surface area contributed by atoms with E-state index in [1.54, 1.807) is 7.05 Å². The molecule has 17 heavy (non-hydrogen) atoms. The zero-order chi connectivity index (χ0) is 12.4. The number of carbonyl (C=O) groups is 1. The zero-order valence-electron chi connectivity index (χ0n) is 9.44. The lowest BCUT2D eigenvalue weighted by Gasteiger charge is -2.33. The number of benzene rings is 1. The summed E-state index contributed by atoms with van der Waals surface area (Å²) in [7, 11) is 1.61. The smallest absolute Gasteiger partial charge is 0.265 e. The standard InChI is InChI=1S/C11H14N2O3S/c1-12-8-10(14)11(15)13(17(12)16)7-9-5-3-2-4-6-9/h2-6,10,14H,7-8H2,1H3. The normalized spacial score (nSPS) is 26.2. The maximum Gasteiger partial charge on any atom is 0.265 e. The number of aliphatic hydroxyl groups excluding tert-OH is 1. The van der Waals surface area contributed by atoms with Gasteiger partial charge >= 0.3 is 0 Å². The quantitative estimate of drug-likeness (QED) is 0.801. The number of aliphatic hydroxyl groups is 1. The molecule has 0 saturated carbocycles. The first-order chi connectivity index (χ1) is 8.09. The summed E-state index contributed by atoms with van der Waals surface area (Å²) in [6.07, 6.45) is -1.10. The minimum atomic E-state index is -1.52. The van der Waals surface area contributed by atoms with Gasteiger partial charge in [0, 0.05) is 13.6 Å². The van der Waals surface area contributed by atoms with Crippen molar-refractivity contribution in [2.75, 3.05) is 13.6 Å². The molecule has 0 radical (unpaired) electrons. The molecule has 1 heterocycles. The molecule has 1 aliphatic heterocycles. The highest BCUT2D eigenvalue weighted by molar-refractivity contribution is 7.80. The van der Waals surface area contributed by atoms with Gasteiger partial charge in [0.25, 0.3) is 5.91 Å². The summed E-state index contributed by atoms with van der Waals surface area (Å²) in [5.74, 6) is -0.481. The minimum absolute atomic E-state index is 0.108. The van der Waals surface area contributed by atoms with Crippen molar-refractivity contribution in [2.45, 2.75) is 12.6 Å². The Balaban J connectivity index is 2.18. The Morgan fingerprint density at radius 1 is 1.41 bits per heavy atom. The number of hydrogen-bond donors (Lipinski definition) is 1. The Bertz CT molecular complexity index is 418. The number of hydrogen-bond acceptors (Lipinski definition) is 3. The van der Waals surface area contributed by atoms with Crippen LogP contribution in [0.15, 0.2) is 30.3 Å². The van der Waals surface area contributed by atoms with Gasteiger partial charge in [0.05, 0.1) is 6.54 Å². The number of carbonyl (C=O) groups excluding carboxylic acids is 1. The highest BCUT2D eigenvalue weighted by atomic mass is 32.2. The molecule has 1 fully saturated rings. The van der Waals surface area contributed by atoms with Crippen LogP contribution < -0.4 is 0 Å². The summed E-state index contributed by atoms with van der Waals surface area (Å²) in [5.41, 5.74) is 0.886. The van der Waals surface area contributed by atoms with Crippen molar-refractivity contribution >= 4 is 17.1 Å². The largest absolute Gasteiger partial charge is 0.382 e. The van der Waals surface area contributed by atoms with Crippen LogP contribution in [0.25, 0.3) is 0 Å². The second-order valence-electron chi connectivity index (χ2n) is 3.92. The molecule has 92 valence electrons. The molecule has 1 aromatic carbocycles. The second-order valence-corrected chi connectivity index (χ2v) is 5.44. The third kappa shape index (κ3) is 2.54. The molecule has 6 heteroatoms. The van der Waals surface area contributed by atoms with E-state index in [1.807, 2.05) is 30.3 Å². The van der Waals surface area contributed by atoms with E-state index < -0.39 is 23.2 Å². The molecule has 2 unspecified atom stereocenters. The summed E-state index contributed by atoms with van der Waals surface area (Å²) >= 11 is -1.52. The Morgan fingerprint density at radius 2 is 2.06 bits per heavy atom. The third-order valence-electron chi connectivity index (χ3n) is 2.59. The summed E-state index contributed by atoms with van der Waals surface area (Å²) < 4.78 is 14.6. The Hall–Kier alpha value is -1.24. The molecule has 0 bridgehead atoms. The van der Waals surface area contributed by atoms with E-state index >= 15 is 0 Å². The van der Waals surface area contributed by atoms with Crippen molar-refractivity contribution in [3.63, 3.8) is 0 Å². The summed E-state index contributed by atoms with van der Waals surface area (Å²) in [6.45, 7) is 0.352. The van der Waals surface area contributed by atoms with Crippen LogP contribution in [-0.4, -0.2) is 43.5 Å². The summed E-state index contributed by atoms with van der Waals surface area (Å²) in [4.78, 5) is 11.7. The van der Waals surface area contributed by atoms with Crippen LogP contribution in [0.3, 0.4) is 0 Å². The van der Waals surface area contributed by atoms with E-state index in [-0.39, 0.29) is 13.1 Å². The van der Waals surface area contributed by atoms with Crippen LogP contribution in [-0.2, 0) is 22.5 Å². The fourth-order valence-electron chi connectivity index (χ4n) is 1.68. The molecule has 1 N–H and O–H groups in total. The minimum Gasteiger partial charge on any atom is -0.382 e. The van der Waals surface area contributed by atoms with Gasteiger partial charge in [0.2, 0.25) is 11.2 Å². The molecular weight excluding hydrogens is 240 g/mol. The fourth-order valence-corrected chi connectivity index (χ4v) is 2.82. The van der Waals surface area contributed by atoms with E-state index in [2.05, 4.69) is 0 Å². The van der Waals surface area contributed by atoms with Gasteiger partial charge in [-0.1, -0.05) is 30.3 Å². The van der Waals surface area contributed by atoms with Gasteiger partial charge in [0.15, 0.2) is 0 Å².